The average Bonchev–Trinajstić information content (AvgIpc) is 1.85. The van der Waals surface area contributed by atoms with Crippen molar-refractivity contribution in [2.45, 2.75) is 33.6 Å². The van der Waals surface area contributed by atoms with Gasteiger partial charge >= 0.3 is 0 Å². The van der Waals surface area contributed by atoms with Crippen molar-refractivity contribution in [2.24, 2.45) is 5.41 Å². The summed E-state index contributed by atoms with van der Waals surface area (Å²) in [6.07, 6.45) is 2.83. The van der Waals surface area contributed by atoms with Crippen molar-refractivity contribution < 1.29 is 9.96 Å². The number of nitrogens with zero attached hydrogens (tertiary/aromatic N) is 1. The lowest BCUT2D eigenvalue weighted by atomic mass is 9.83. The quantitative estimate of drug-likeness (QED) is 0.558. The number of hydrogen-bond donors (Lipinski definition) is 0. The summed E-state index contributed by atoms with van der Waals surface area (Å²) in [6.45, 7) is 11.2. The van der Waals surface area contributed by atoms with Gasteiger partial charge in [0, 0.05) is 5.41 Å². The van der Waals surface area contributed by atoms with Crippen LogP contribution in [0.4, 0.5) is 0 Å². The van der Waals surface area contributed by atoms with E-state index < -0.39 is 0 Å². The first kappa shape index (κ1) is 11.9. The van der Waals surface area contributed by atoms with Gasteiger partial charge in [-0.05, 0) is 19.8 Å². The monoisotopic (exact) mass is 173 g/mol. The van der Waals surface area contributed by atoms with E-state index in [0.717, 1.165) is 0 Å². The Balaban J connectivity index is 0.00000121. The Morgan fingerprint density at radius 3 is 2.25 bits per heavy atom. The van der Waals surface area contributed by atoms with E-state index in [0.29, 0.717) is 5.41 Å². The molecule has 1 unspecified atom stereocenters. The normalized spacial score (nSPS) is 34.0. The summed E-state index contributed by atoms with van der Waals surface area (Å²) in [5.41, 5.74) is 0.586. The summed E-state index contributed by atoms with van der Waals surface area (Å²) in [5.74, 6) is 0. The Bertz CT molecular complexity index is 145. The van der Waals surface area contributed by atoms with Crippen molar-refractivity contribution in [2.75, 3.05) is 26.7 Å². The molecule has 2 nitrogen and oxygen atoms in total. The van der Waals surface area contributed by atoms with Gasteiger partial charge in [-0.1, -0.05) is 13.8 Å². The third-order valence-electron chi connectivity index (χ3n) is 3.12. The fourth-order valence-electron chi connectivity index (χ4n) is 2.40. The highest BCUT2D eigenvalue weighted by atomic mass is 16.0. The summed E-state index contributed by atoms with van der Waals surface area (Å²) in [7, 11) is 2.39. The van der Waals surface area contributed by atoms with E-state index in [4.69, 9.17) is 0 Å². The van der Waals surface area contributed by atoms with Crippen LogP contribution in [0.1, 0.15) is 33.6 Å². The highest BCUT2D eigenvalue weighted by Gasteiger charge is 2.34. The van der Waals surface area contributed by atoms with Crippen LogP contribution in [0.2, 0.25) is 0 Å². The molecule has 0 aromatic rings. The Hall–Kier alpha value is -0.0800. The zero-order chi connectivity index (χ0) is 8.54. The highest BCUT2D eigenvalue weighted by molar-refractivity contribution is 4.71. The lowest BCUT2D eigenvalue weighted by Crippen LogP contribution is -2.53. The van der Waals surface area contributed by atoms with Crippen LogP contribution in [0.25, 0.3) is 0 Å². The van der Waals surface area contributed by atoms with E-state index in [-0.39, 0.29) is 5.48 Å². The summed E-state index contributed by atoms with van der Waals surface area (Å²) in [4.78, 5) is 0. The molecule has 1 saturated heterocycles. The van der Waals surface area contributed by atoms with Gasteiger partial charge in [-0.25, -0.2) is 0 Å². The van der Waals surface area contributed by atoms with Crippen LogP contribution in [-0.2, 0) is 0 Å². The second kappa shape index (κ2) is 3.75. The smallest absolute Gasteiger partial charge is 0.0836 e. The summed E-state index contributed by atoms with van der Waals surface area (Å²) in [6, 6.07) is 0. The predicted octanol–water partition coefficient (Wildman–Crippen LogP) is 2.10. The van der Waals surface area contributed by atoms with Crippen molar-refractivity contribution >= 4 is 0 Å². The molecule has 1 N–H and O–H groups in total. The van der Waals surface area contributed by atoms with Gasteiger partial charge in [-0.15, -0.1) is 0 Å². The largest absolute Gasteiger partial charge is 0.870 e. The van der Waals surface area contributed by atoms with E-state index in [1.165, 1.54) is 37.0 Å². The molecule has 0 radical (unpaired) electrons. The van der Waals surface area contributed by atoms with Crippen molar-refractivity contribution in [3.05, 3.63) is 0 Å². The van der Waals surface area contributed by atoms with Crippen LogP contribution < -0.4 is 0 Å². The molecule has 2 heteroatoms. The van der Waals surface area contributed by atoms with Gasteiger partial charge in [-0.2, -0.15) is 0 Å². The maximum Gasteiger partial charge on any atom is 0.0836 e. The second-order valence-electron chi connectivity index (χ2n) is 5.09. The lowest BCUT2D eigenvalue weighted by Gasteiger charge is -2.44. The average molecular weight is 173 g/mol. The fraction of sp³-hybridized carbons (Fsp3) is 1.00. The van der Waals surface area contributed by atoms with Crippen LogP contribution >= 0.6 is 0 Å². The van der Waals surface area contributed by atoms with Gasteiger partial charge in [0.15, 0.2) is 0 Å². The molecular formula is C10H23NO. The Morgan fingerprint density at radius 2 is 1.92 bits per heavy atom. The number of quaternary nitrogens is 1. The zero-order valence-corrected chi connectivity index (χ0v) is 8.93. The van der Waals surface area contributed by atoms with E-state index in [1.54, 1.807) is 0 Å². The van der Waals surface area contributed by atoms with E-state index in [9.17, 15) is 0 Å². The third-order valence-corrected chi connectivity index (χ3v) is 3.12. The number of hydrogen-bond acceptors (Lipinski definition) is 1. The molecule has 0 aromatic carbocycles. The molecule has 1 aliphatic heterocycles. The molecule has 0 amide bonds. The minimum absolute atomic E-state index is 0. The fourth-order valence-corrected chi connectivity index (χ4v) is 2.40. The molecule has 1 heterocycles. The Kier molecular flexibility index (Phi) is 3.73. The summed E-state index contributed by atoms with van der Waals surface area (Å²) < 4.78 is 1.28. The molecule has 1 fully saturated rings. The Labute approximate surface area is 76.5 Å². The molecule has 0 spiro atoms. The van der Waals surface area contributed by atoms with Crippen molar-refractivity contribution in [3.63, 3.8) is 0 Å². The molecule has 74 valence electrons. The first-order chi connectivity index (χ1) is 4.97. The van der Waals surface area contributed by atoms with Gasteiger partial charge in [-0.3, -0.25) is 0 Å². The van der Waals surface area contributed by atoms with Gasteiger partial charge in [0.05, 0.1) is 26.7 Å². The van der Waals surface area contributed by atoms with E-state index in [1.807, 2.05) is 0 Å². The topological polar surface area (TPSA) is 30.0 Å². The summed E-state index contributed by atoms with van der Waals surface area (Å²) >= 11 is 0. The standard InChI is InChI=1S/C10H22N.H2O/c1-5-11(4)8-6-7-10(2,3)9-11;/h5-9H2,1-4H3;1H2/q+1;/p-1. The van der Waals surface area contributed by atoms with Crippen LogP contribution in [0, 0.1) is 5.41 Å². The van der Waals surface area contributed by atoms with E-state index in [2.05, 4.69) is 27.8 Å². The minimum Gasteiger partial charge on any atom is -0.870 e. The maximum atomic E-state index is 2.40. The second-order valence-corrected chi connectivity index (χ2v) is 5.09. The van der Waals surface area contributed by atoms with Gasteiger partial charge in [0.2, 0.25) is 0 Å². The predicted molar refractivity (Wildman–Crippen MR) is 51.4 cm³/mol. The van der Waals surface area contributed by atoms with Crippen molar-refractivity contribution in [3.8, 4) is 0 Å². The third kappa shape index (κ3) is 2.76. The zero-order valence-electron chi connectivity index (χ0n) is 8.93. The van der Waals surface area contributed by atoms with Crippen molar-refractivity contribution in [1.82, 2.24) is 0 Å². The molecule has 0 aliphatic carbocycles. The molecule has 1 atom stereocenters. The molecule has 1 aliphatic rings. The molecule has 12 heavy (non-hydrogen) atoms. The molecular weight excluding hydrogens is 150 g/mol. The number of likely N-dealkylation sites (tertiary alicyclic amines) is 1. The first-order valence-electron chi connectivity index (χ1n) is 4.81. The highest BCUT2D eigenvalue weighted by Crippen LogP contribution is 2.31. The van der Waals surface area contributed by atoms with Crippen LogP contribution in [0.3, 0.4) is 0 Å². The summed E-state index contributed by atoms with van der Waals surface area (Å²) in [5, 5.41) is 0. The maximum absolute atomic E-state index is 2.40. The number of piperidine rings is 1. The minimum atomic E-state index is 0. The van der Waals surface area contributed by atoms with Gasteiger partial charge in [0.25, 0.3) is 0 Å². The van der Waals surface area contributed by atoms with Crippen LogP contribution in [0.15, 0.2) is 0 Å². The SMILES string of the molecule is CC[N+]1(C)CCCC(C)(C)C1.[OH-]. The van der Waals surface area contributed by atoms with Crippen LogP contribution in [0.5, 0.6) is 0 Å². The first-order valence-corrected chi connectivity index (χ1v) is 4.81. The number of rotatable bonds is 1. The molecule has 0 aromatic heterocycles. The van der Waals surface area contributed by atoms with Gasteiger partial charge < -0.3 is 9.96 Å². The van der Waals surface area contributed by atoms with Gasteiger partial charge in [0.1, 0.15) is 0 Å². The molecule has 1 rings (SSSR count). The van der Waals surface area contributed by atoms with E-state index >= 15 is 0 Å². The Morgan fingerprint density at radius 1 is 1.33 bits per heavy atom. The van der Waals surface area contributed by atoms with Crippen LogP contribution in [-0.4, -0.2) is 36.6 Å². The van der Waals surface area contributed by atoms with Crippen molar-refractivity contribution in [1.29, 1.82) is 0 Å². The molecule has 0 bridgehead atoms. The molecule has 0 saturated carbocycles. The lowest BCUT2D eigenvalue weighted by molar-refractivity contribution is -0.919.